The van der Waals surface area contributed by atoms with E-state index in [1.165, 1.54) is 5.57 Å². The standard InChI is InChI=1S/C14H22O/c1-10(2)6-7-12-11(3)13(15)8-9-14(12,4)5/h8-10H,6-7H2,1-5H3. The minimum atomic E-state index is 0.0624. The zero-order chi connectivity index (χ0) is 11.6. The van der Waals surface area contributed by atoms with E-state index in [0.29, 0.717) is 5.92 Å². The Kier molecular flexibility index (Phi) is 3.54. The molecule has 0 aromatic carbocycles. The van der Waals surface area contributed by atoms with Crippen LogP contribution in [0, 0.1) is 11.3 Å². The minimum Gasteiger partial charge on any atom is -0.290 e. The van der Waals surface area contributed by atoms with Crippen molar-refractivity contribution in [3.05, 3.63) is 23.3 Å². The summed E-state index contributed by atoms with van der Waals surface area (Å²) in [7, 11) is 0. The van der Waals surface area contributed by atoms with Crippen LogP contribution in [0.5, 0.6) is 0 Å². The van der Waals surface area contributed by atoms with Crippen molar-refractivity contribution >= 4 is 5.78 Å². The molecule has 0 N–H and O–H groups in total. The van der Waals surface area contributed by atoms with Crippen molar-refractivity contribution in [2.24, 2.45) is 11.3 Å². The lowest BCUT2D eigenvalue weighted by Crippen LogP contribution is -2.20. The molecule has 0 amide bonds. The molecule has 0 heterocycles. The van der Waals surface area contributed by atoms with Crippen LogP contribution in [0.15, 0.2) is 23.3 Å². The second-order valence-electron chi connectivity index (χ2n) is 5.46. The number of hydrogen-bond acceptors (Lipinski definition) is 1. The van der Waals surface area contributed by atoms with Crippen molar-refractivity contribution in [3.8, 4) is 0 Å². The summed E-state index contributed by atoms with van der Waals surface area (Å²) in [6.07, 6.45) is 5.97. The predicted molar refractivity (Wildman–Crippen MR) is 64.7 cm³/mol. The molecule has 1 aliphatic carbocycles. The number of rotatable bonds is 3. The molecule has 0 bridgehead atoms. The summed E-state index contributed by atoms with van der Waals surface area (Å²) in [5, 5.41) is 0. The molecule has 84 valence electrons. The molecule has 0 saturated heterocycles. The average molecular weight is 206 g/mol. The van der Waals surface area contributed by atoms with Crippen LogP contribution >= 0.6 is 0 Å². The van der Waals surface area contributed by atoms with Crippen molar-refractivity contribution in [2.45, 2.75) is 47.5 Å². The molecule has 1 heteroatoms. The summed E-state index contributed by atoms with van der Waals surface area (Å²) >= 11 is 0. The van der Waals surface area contributed by atoms with Crippen molar-refractivity contribution in [1.82, 2.24) is 0 Å². The fourth-order valence-corrected chi connectivity index (χ4v) is 2.08. The molecular weight excluding hydrogens is 184 g/mol. The molecular formula is C14H22O. The van der Waals surface area contributed by atoms with Crippen LogP contribution in [-0.4, -0.2) is 5.78 Å². The first-order chi connectivity index (χ1) is 6.84. The Hall–Kier alpha value is -0.850. The highest BCUT2D eigenvalue weighted by Crippen LogP contribution is 2.37. The van der Waals surface area contributed by atoms with Gasteiger partial charge in [-0.05, 0) is 37.3 Å². The van der Waals surface area contributed by atoms with E-state index in [-0.39, 0.29) is 11.2 Å². The van der Waals surface area contributed by atoms with Gasteiger partial charge in [0.25, 0.3) is 0 Å². The second-order valence-corrected chi connectivity index (χ2v) is 5.46. The molecule has 0 atom stereocenters. The van der Waals surface area contributed by atoms with Crippen molar-refractivity contribution in [2.75, 3.05) is 0 Å². The molecule has 0 spiro atoms. The summed E-state index contributed by atoms with van der Waals surface area (Å²) in [6.45, 7) is 10.8. The third-order valence-electron chi connectivity index (χ3n) is 3.22. The second kappa shape index (κ2) is 4.34. The molecule has 0 unspecified atom stereocenters. The van der Waals surface area contributed by atoms with Gasteiger partial charge in [0.2, 0.25) is 0 Å². The van der Waals surface area contributed by atoms with Crippen LogP contribution in [0.25, 0.3) is 0 Å². The van der Waals surface area contributed by atoms with E-state index in [2.05, 4.69) is 27.7 Å². The van der Waals surface area contributed by atoms with Gasteiger partial charge in [0.05, 0.1) is 0 Å². The average Bonchev–Trinajstić information content (AvgIpc) is 2.11. The Morgan fingerprint density at radius 2 is 1.93 bits per heavy atom. The summed E-state index contributed by atoms with van der Waals surface area (Å²) in [5.74, 6) is 0.884. The molecule has 1 aliphatic rings. The highest BCUT2D eigenvalue weighted by Gasteiger charge is 2.27. The molecule has 0 fully saturated rings. The van der Waals surface area contributed by atoms with Crippen LogP contribution in [0.1, 0.15) is 47.5 Å². The Morgan fingerprint density at radius 3 is 2.47 bits per heavy atom. The molecule has 0 radical (unpaired) electrons. The van der Waals surface area contributed by atoms with Crippen LogP contribution in [0.2, 0.25) is 0 Å². The maximum atomic E-state index is 11.6. The maximum absolute atomic E-state index is 11.6. The van der Waals surface area contributed by atoms with Gasteiger partial charge in [-0.15, -0.1) is 0 Å². The minimum absolute atomic E-state index is 0.0624. The molecule has 0 aliphatic heterocycles. The smallest absolute Gasteiger partial charge is 0.181 e. The van der Waals surface area contributed by atoms with E-state index < -0.39 is 0 Å². The Labute approximate surface area is 93.3 Å². The summed E-state index contributed by atoms with van der Waals surface area (Å²) < 4.78 is 0. The molecule has 1 rings (SSSR count). The van der Waals surface area contributed by atoms with Gasteiger partial charge in [-0.25, -0.2) is 0 Å². The van der Waals surface area contributed by atoms with Gasteiger partial charge in [-0.1, -0.05) is 39.3 Å². The van der Waals surface area contributed by atoms with Gasteiger partial charge in [0.1, 0.15) is 0 Å². The normalized spacial score (nSPS) is 20.3. The first kappa shape index (κ1) is 12.2. The van der Waals surface area contributed by atoms with E-state index >= 15 is 0 Å². The quantitative estimate of drug-likeness (QED) is 0.684. The summed E-state index contributed by atoms with van der Waals surface area (Å²) in [5.41, 5.74) is 2.35. The maximum Gasteiger partial charge on any atom is 0.181 e. The lowest BCUT2D eigenvalue weighted by molar-refractivity contribution is -0.111. The number of carbonyl (C=O) groups is 1. The zero-order valence-electron chi connectivity index (χ0n) is 10.6. The van der Waals surface area contributed by atoms with Gasteiger partial charge in [0.15, 0.2) is 5.78 Å². The summed E-state index contributed by atoms with van der Waals surface area (Å²) in [4.78, 5) is 11.6. The fraction of sp³-hybridized carbons (Fsp3) is 0.643. The van der Waals surface area contributed by atoms with E-state index in [9.17, 15) is 4.79 Å². The Balaban J connectivity index is 2.89. The number of carbonyl (C=O) groups excluding carboxylic acids is 1. The third-order valence-corrected chi connectivity index (χ3v) is 3.22. The highest BCUT2D eigenvalue weighted by molar-refractivity contribution is 6.05. The SMILES string of the molecule is CC1=C(CCC(C)C)C(C)(C)C=CC1=O. The first-order valence-corrected chi connectivity index (χ1v) is 5.78. The van der Waals surface area contributed by atoms with Crippen LogP contribution < -0.4 is 0 Å². The van der Waals surface area contributed by atoms with Gasteiger partial charge in [0, 0.05) is 5.41 Å². The number of allylic oxidation sites excluding steroid dienone is 4. The van der Waals surface area contributed by atoms with Crippen molar-refractivity contribution in [1.29, 1.82) is 0 Å². The highest BCUT2D eigenvalue weighted by atomic mass is 16.1. The van der Waals surface area contributed by atoms with Crippen molar-refractivity contribution < 1.29 is 4.79 Å². The van der Waals surface area contributed by atoms with Gasteiger partial charge in [-0.2, -0.15) is 0 Å². The van der Waals surface area contributed by atoms with Gasteiger partial charge >= 0.3 is 0 Å². The Bertz CT molecular complexity index is 316. The molecule has 0 aromatic rings. The third kappa shape index (κ3) is 2.80. The van der Waals surface area contributed by atoms with Crippen molar-refractivity contribution in [3.63, 3.8) is 0 Å². The molecule has 0 aromatic heterocycles. The van der Waals surface area contributed by atoms with Crippen LogP contribution in [-0.2, 0) is 4.79 Å². The zero-order valence-corrected chi connectivity index (χ0v) is 10.6. The van der Waals surface area contributed by atoms with Crippen LogP contribution in [0.4, 0.5) is 0 Å². The van der Waals surface area contributed by atoms with Gasteiger partial charge < -0.3 is 0 Å². The largest absolute Gasteiger partial charge is 0.290 e. The van der Waals surface area contributed by atoms with E-state index in [0.717, 1.165) is 18.4 Å². The topological polar surface area (TPSA) is 17.1 Å². The van der Waals surface area contributed by atoms with E-state index in [1.54, 1.807) is 6.08 Å². The molecule has 0 saturated carbocycles. The number of hydrogen-bond donors (Lipinski definition) is 0. The first-order valence-electron chi connectivity index (χ1n) is 5.78. The Morgan fingerprint density at radius 1 is 1.33 bits per heavy atom. The molecule has 1 nitrogen and oxygen atoms in total. The van der Waals surface area contributed by atoms with Crippen LogP contribution in [0.3, 0.4) is 0 Å². The van der Waals surface area contributed by atoms with E-state index in [1.807, 2.05) is 13.0 Å². The van der Waals surface area contributed by atoms with E-state index in [4.69, 9.17) is 0 Å². The monoisotopic (exact) mass is 206 g/mol. The summed E-state index contributed by atoms with van der Waals surface area (Å²) in [6, 6.07) is 0. The molecule has 15 heavy (non-hydrogen) atoms. The predicted octanol–water partition coefficient (Wildman–Crippen LogP) is 3.90. The lowest BCUT2D eigenvalue weighted by Gasteiger charge is -2.30. The number of ketones is 1. The fourth-order valence-electron chi connectivity index (χ4n) is 2.08. The van der Waals surface area contributed by atoms with Gasteiger partial charge in [-0.3, -0.25) is 4.79 Å². The lowest BCUT2D eigenvalue weighted by atomic mass is 9.74.